The number of anilines is 2. The van der Waals surface area contributed by atoms with Gasteiger partial charge >= 0.3 is 0 Å². The first kappa shape index (κ1) is 14.9. The molecule has 0 heterocycles. The van der Waals surface area contributed by atoms with Crippen LogP contribution in [0.15, 0.2) is 42.5 Å². The molecule has 0 saturated carbocycles. The fraction of sp³-hybridized carbons (Fsp3) is 0.235. The van der Waals surface area contributed by atoms with Crippen LogP contribution in [0.2, 0.25) is 0 Å². The highest BCUT2D eigenvalue weighted by atomic mass is 16.5. The highest BCUT2D eigenvalue weighted by Gasteiger charge is 2.05. The average Bonchev–Trinajstić information content (AvgIpc) is 2.49. The summed E-state index contributed by atoms with van der Waals surface area (Å²) in [7, 11) is 1.60. The fourth-order valence-corrected chi connectivity index (χ4v) is 2.02. The molecule has 0 spiro atoms. The second kappa shape index (κ2) is 6.79. The molecule has 0 saturated heterocycles. The summed E-state index contributed by atoms with van der Waals surface area (Å²) in [6, 6.07) is 13.3. The molecule has 0 aliphatic rings. The first-order chi connectivity index (χ1) is 10.1. The number of methoxy groups -OCH3 is 1. The van der Waals surface area contributed by atoms with E-state index >= 15 is 0 Å². The number of carbonyl (C=O) groups is 1. The van der Waals surface area contributed by atoms with E-state index in [-0.39, 0.29) is 12.5 Å². The van der Waals surface area contributed by atoms with E-state index in [1.165, 1.54) is 5.56 Å². The Bertz CT molecular complexity index is 638. The molecular weight excluding hydrogens is 264 g/mol. The van der Waals surface area contributed by atoms with Gasteiger partial charge in [0, 0.05) is 17.4 Å². The van der Waals surface area contributed by atoms with Crippen molar-refractivity contribution in [1.82, 2.24) is 0 Å². The van der Waals surface area contributed by atoms with Gasteiger partial charge in [-0.25, -0.2) is 0 Å². The molecule has 21 heavy (non-hydrogen) atoms. The predicted octanol–water partition coefficient (Wildman–Crippen LogP) is 3.36. The summed E-state index contributed by atoms with van der Waals surface area (Å²) in [4.78, 5) is 12.0. The van der Waals surface area contributed by atoms with Crippen LogP contribution >= 0.6 is 0 Å². The van der Waals surface area contributed by atoms with Gasteiger partial charge in [0.25, 0.3) is 0 Å². The van der Waals surface area contributed by atoms with Crippen LogP contribution in [-0.2, 0) is 4.79 Å². The van der Waals surface area contributed by atoms with Crippen molar-refractivity contribution in [2.75, 3.05) is 24.3 Å². The van der Waals surface area contributed by atoms with Crippen LogP contribution in [0.4, 0.5) is 11.4 Å². The summed E-state index contributed by atoms with van der Waals surface area (Å²) in [5.74, 6) is 0.624. The van der Waals surface area contributed by atoms with Gasteiger partial charge in [-0.2, -0.15) is 0 Å². The van der Waals surface area contributed by atoms with Gasteiger partial charge in [-0.05, 0) is 43.2 Å². The average molecular weight is 284 g/mol. The molecule has 0 atom stereocenters. The summed E-state index contributed by atoms with van der Waals surface area (Å²) in [5, 5.41) is 6.00. The van der Waals surface area contributed by atoms with Crippen LogP contribution in [0.1, 0.15) is 11.1 Å². The second-order valence-corrected chi connectivity index (χ2v) is 4.88. The molecule has 4 nitrogen and oxygen atoms in total. The Morgan fingerprint density at radius 1 is 1.14 bits per heavy atom. The zero-order chi connectivity index (χ0) is 15.2. The van der Waals surface area contributed by atoms with E-state index in [0.717, 1.165) is 22.7 Å². The number of ether oxygens (including phenoxy) is 1. The topological polar surface area (TPSA) is 50.4 Å². The largest absolute Gasteiger partial charge is 0.497 e. The maximum atomic E-state index is 12.0. The highest BCUT2D eigenvalue weighted by Crippen LogP contribution is 2.18. The summed E-state index contributed by atoms with van der Waals surface area (Å²) in [6.45, 7) is 4.32. The molecule has 0 radical (unpaired) electrons. The van der Waals surface area contributed by atoms with Crippen molar-refractivity contribution in [3.63, 3.8) is 0 Å². The van der Waals surface area contributed by atoms with Crippen molar-refractivity contribution in [3.05, 3.63) is 53.6 Å². The lowest BCUT2D eigenvalue weighted by atomic mass is 10.1. The van der Waals surface area contributed by atoms with Crippen LogP contribution in [0, 0.1) is 13.8 Å². The Labute approximate surface area is 125 Å². The third kappa shape index (κ3) is 3.99. The van der Waals surface area contributed by atoms with Gasteiger partial charge in [-0.3, -0.25) is 4.79 Å². The van der Waals surface area contributed by atoms with Gasteiger partial charge in [-0.15, -0.1) is 0 Å². The Hall–Kier alpha value is -2.49. The van der Waals surface area contributed by atoms with Gasteiger partial charge in [-0.1, -0.05) is 18.2 Å². The summed E-state index contributed by atoms with van der Waals surface area (Å²) >= 11 is 0. The number of carbonyl (C=O) groups excluding carboxylic acids is 1. The maximum Gasteiger partial charge on any atom is 0.243 e. The van der Waals surface area contributed by atoms with Crippen molar-refractivity contribution < 1.29 is 9.53 Å². The molecule has 2 rings (SSSR count). The maximum absolute atomic E-state index is 12.0. The molecule has 0 fully saturated rings. The Balaban J connectivity index is 1.94. The van der Waals surface area contributed by atoms with E-state index in [4.69, 9.17) is 4.74 Å². The Morgan fingerprint density at radius 2 is 1.90 bits per heavy atom. The minimum Gasteiger partial charge on any atom is -0.497 e. The molecule has 0 aliphatic heterocycles. The third-order valence-corrected chi connectivity index (χ3v) is 3.40. The molecule has 0 bridgehead atoms. The lowest BCUT2D eigenvalue weighted by Gasteiger charge is -2.12. The first-order valence-electron chi connectivity index (χ1n) is 6.84. The van der Waals surface area contributed by atoms with Crippen LogP contribution < -0.4 is 15.4 Å². The van der Waals surface area contributed by atoms with Gasteiger partial charge in [0.05, 0.1) is 13.7 Å². The minimum atomic E-state index is -0.0934. The van der Waals surface area contributed by atoms with E-state index in [2.05, 4.69) is 23.6 Å². The van der Waals surface area contributed by atoms with E-state index in [9.17, 15) is 4.79 Å². The first-order valence-corrected chi connectivity index (χ1v) is 6.84. The van der Waals surface area contributed by atoms with Gasteiger partial charge < -0.3 is 15.4 Å². The van der Waals surface area contributed by atoms with E-state index < -0.39 is 0 Å². The highest BCUT2D eigenvalue weighted by molar-refractivity contribution is 5.94. The number of hydrogen-bond acceptors (Lipinski definition) is 3. The van der Waals surface area contributed by atoms with Gasteiger partial charge in [0.15, 0.2) is 0 Å². The number of aryl methyl sites for hydroxylation is 1. The Morgan fingerprint density at radius 3 is 2.67 bits per heavy atom. The van der Waals surface area contributed by atoms with Crippen LogP contribution in [0.5, 0.6) is 5.75 Å². The quantitative estimate of drug-likeness (QED) is 0.885. The van der Waals surface area contributed by atoms with Crippen molar-refractivity contribution in [3.8, 4) is 5.75 Å². The fourth-order valence-electron chi connectivity index (χ4n) is 2.02. The summed E-state index contributed by atoms with van der Waals surface area (Å²) in [6.07, 6.45) is 0. The third-order valence-electron chi connectivity index (χ3n) is 3.40. The number of nitrogens with one attached hydrogen (secondary N) is 2. The van der Waals surface area contributed by atoms with E-state index in [1.54, 1.807) is 13.2 Å². The number of hydrogen-bond donors (Lipinski definition) is 2. The van der Waals surface area contributed by atoms with Crippen molar-refractivity contribution in [1.29, 1.82) is 0 Å². The molecule has 2 aromatic carbocycles. The number of rotatable bonds is 5. The van der Waals surface area contributed by atoms with Gasteiger partial charge in [0.1, 0.15) is 5.75 Å². The van der Waals surface area contributed by atoms with Crippen molar-refractivity contribution in [2.45, 2.75) is 13.8 Å². The molecule has 1 amide bonds. The van der Waals surface area contributed by atoms with E-state index in [1.807, 2.05) is 37.3 Å². The molecular formula is C17H20N2O2. The molecule has 2 N–H and O–H groups in total. The minimum absolute atomic E-state index is 0.0934. The zero-order valence-corrected chi connectivity index (χ0v) is 12.6. The normalized spacial score (nSPS) is 10.0. The lowest BCUT2D eigenvalue weighted by Crippen LogP contribution is -2.22. The zero-order valence-electron chi connectivity index (χ0n) is 12.6. The molecule has 0 aliphatic carbocycles. The summed E-state index contributed by atoms with van der Waals surface area (Å²) < 4.78 is 5.13. The monoisotopic (exact) mass is 284 g/mol. The number of benzene rings is 2. The number of amides is 1. The summed E-state index contributed by atoms with van der Waals surface area (Å²) in [5.41, 5.74) is 4.07. The van der Waals surface area contributed by atoms with Crippen LogP contribution in [-0.4, -0.2) is 19.6 Å². The Kier molecular flexibility index (Phi) is 4.82. The van der Waals surface area contributed by atoms with Crippen LogP contribution in [0.25, 0.3) is 0 Å². The molecule has 4 heteroatoms. The van der Waals surface area contributed by atoms with Crippen molar-refractivity contribution >= 4 is 17.3 Å². The van der Waals surface area contributed by atoms with E-state index in [0.29, 0.717) is 0 Å². The molecule has 0 unspecified atom stereocenters. The molecule has 0 aromatic heterocycles. The molecule has 2 aromatic rings. The lowest BCUT2D eigenvalue weighted by molar-refractivity contribution is -0.114. The smallest absolute Gasteiger partial charge is 0.243 e. The SMILES string of the molecule is COc1cccc(NC(=O)CNc2cccc(C)c2C)c1. The predicted molar refractivity (Wildman–Crippen MR) is 86.0 cm³/mol. The van der Waals surface area contributed by atoms with Crippen molar-refractivity contribution in [2.24, 2.45) is 0 Å². The molecule has 110 valence electrons. The van der Waals surface area contributed by atoms with Gasteiger partial charge in [0.2, 0.25) is 5.91 Å². The standard InChI is InChI=1S/C17H20N2O2/c1-12-6-4-9-16(13(12)2)18-11-17(20)19-14-7-5-8-15(10-14)21-3/h4-10,18H,11H2,1-3H3,(H,19,20). The van der Waals surface area contributed by atoms with Crippen LogP contribution in [0.3, 0.4) is 0 Å². The second-order valence-electron chi connectivity index (χ2n) is 4.88.